The van der Waals surface area contributed by atoms with Crippen LogP contribution in [0.5, 0.6) is 0 Å². The summed E-state index contributed by atoms with van der Waals surface area (Å²) in [7, 11) is -1.07. The van der Waals surface area contributed by atoms with Gasteiger partial charge < -0.3 is 7.43 Å². The average molecular weight is 554 g/mol. The maximum absolute atomic E-state index is 2.68. The fourth-order valence-electron chi connectivity index (χ4n) is 7.95. The van der Waals surface area contributed by atoms with Gasteiger partial charge in [-0.25, -0.2) is 0 Å². The van der Waals surface area contributed by atoms with Crippen molar-refractivity contribution >= 4 is 26.5 Å². The smallest absolute Gasteiger partial charge is 0.0969 e. The van der Waals surface area contributed by atoms with Gasteiger partial charge in [-0.3, -0.25) is 0 Å². The first-order valence-electron chi connectivity index (χ1n) is 14.2. The Morgan fingerprint density at radius 3 is 1.51 bits per heavy atom. The van der Waals surface area contributed by atoms with E-state index in [4.69, 9.17) is 0 Å². The van der Waals surface area contributed by atoms with E-state index in [1.165, 1.54) is 51.4 Å². The summed E-state index contributed by atoms with van der Waals surface area (Å²) in [6, 6.07) is 23.3. The second-order valence-corrected chi connectivity index (χ2v) is 17.6. The summed E-state index contributed by atoms with van der Waals surface area (Å²) in [5.74, 6) is 0.969. The zero-order chi connectivity index (χ0) is 22.5. The van der Waals surface area contributed by atoms with E-state index >= 15 is 0 Å². The summed E-state index contributed by atoms with van der Waals surface area (Å²) in [4.78, 5) is 0. The minimum Gasteiger partial charge on any atom is -0.358 e. The number of benzene rings is 2. The minimum atomic E-state index is -0.770. The van der Waals surface area contributed by atoms with E-state index in [1.54, 1.807) is 42.7 Å². The summed E-state index contributed by atoms with van der Waals surface area (Å²) in [6.07, 6.45) is 20.0. The van der Waals surface area contributed by atoms with E-state index in [0.29, 0.717) is 0 Å². The van der Waals surface area contributed by atoms with Gasteiger partial charge in [0.1, 0.15) is 0 Å². The van der Waals surface area contributed by atoms with Gasteiger partial charge in [0.15, 0.2) is 0 Å². The summed E-state index contributed by atoms with van der Waals surface area (Å²) in [6.45, 7) is 2.68. The Kier molecular flexibility index (Phi) is 12.3. The molecule has 3 heteroatoms. The predicted molar refractivity (Wildman–Crippen MR) is 160 cm³/mol. The summed E-state index contributed by atoms with van der Waals surface area (Å²) in [5.41, 5.74) is 4.19. The van der Waals surface area contributed by atoms with Crippen LogP contribution in [0.3, 0.4) is 0 Å². The van der Waals surface area contributed by atoms with Crippen LogP contribution >= 0.6 is 15.8 Å². The maximum atomic E-state index is 2.68. The zero-order valence-electron chi connectivity index (χ0n) is 22.2. The second kappa shape index (κ2) is 14.7. The third-order valence-corrected chi connectivity index (χ3v) is 17.3. The molecule has 3 fully saturated rings. The van der Waals surface area contributed by atoms with Crippen molar-refractivity contribution in [1.29, 1.82) is 0 Å². The molecule has 35 heavy (non-hydrogen) atoms. The molecule has 0 saturated heterocycles. The van der Waals surface area contributed by atoms with Crippen LogP contribution in [0.1, 0.15) is 90.4 Å². The van der Waals surface area contributed by atoms with Gasteiger partial charge in [0.25, 0.3) is 0 Å². The van der Waals surface area contributed by atoms with Crippen LogP contribution in [0.4, 0.5) is 0 Å². The monoisotopic (exact) mass is 553 g/mol. The molecule has 0 amide bonds. The summed E-state index contributed by atoms with van der Waals surface area (Å²) < 4.78 is 0. The van der Waals surface area contributed by atoms with Gasteiger partial charge in [-0.15, -0.1) is 0 Å². The maximum Gasteiger partial charge on any atom is 0.0969 e. The standard InChI is InChI=1S/C31H44P2.CH3.Ni/c1-25(32(26-15-6-2-7-16-26)27-17-8-3-9-18-27)30-23-14-24-31(30)33(28-19-10-4-11-20-28)29-21-12-5-13-22-29;;/h2-3,6-9,15-18,25,28-31H,4-5,10-14,19-24H2,1H3;1H3;/q;-1;/p+2. The quantitative estimate of drug-likeness (QED) is 0.182. The van der Waals surface area contributed by atoms with Crippen molar-refractivity contribution in [2.24, 2.45) is 5.92 Å². The molecule has 0 spiro atoms. The first kappa shape index (κ1) is 29.4. The van der Waals surface area contributed by atoms with Crippen LogP contribution in [0.25, 0.3) is 0 Å². The topological polar surface area (TPSA) is 0 Å². The van der Waals surface area contributed by atoms with E-state index in [1.807, 2.05) is 0 Å². The number of hydrogen-bond donors (Lipinski definition) is 0. The molecule has 3 saturated carbocycles. The van der Waals surface area contributed by atoms with Crippen LogP contribution in [-0.2, 0) is 16.5 Å². The van der Waals surface area contributed by atoms with E-state index in [-0.39, 0.29) is 31.8 Å². The van der Waals surface area contributed by atoms with Gasteiger partial charge in [0.2, 0.25) is 0 Å². The molecule has 0 radical (unpaired) electrons. The van der Waals surface area contributed by atoms with E-state index in [2.05, 4.69) is 67.6 Å². The van der Waals surface area contributed by atoms with Crippen molar-refractivity contribution in [3.8, 4) is 0 Å². The molecule has 2 aromatic rings. The van der Waals surface area contributed by atoms with E-state index in [9.17, 15) is 0 Å². The molecule has 0 aromatic heterocycles. The molecular weight excluding hydrogens is 505 g/mol. The Bertz CT molecular complexity index is 772. The Morgan fingerprint density at radius 1 is 0.600 bits per heavy atom. The van der Waals surface area contributed by atoms with Crippen molar-refractivity contribution < 1.29 is 16.5 Å². The molecule has 0 nitrogen and oxygen atoms in total. The first-order chi connectivity index (χ1) is 16.3. The molecule has 3 atom stereocenters. The van der Waals surface area contributed by atoms with Crippen molar-refractivity contribution in [3.05, 3.63) is 68.1 Å². The fourth-order valence-corrected chi connectivity index (χ4v) is 17.0. The van der Waals surface area contributed by atoms with Gasteiger partial charge in [-0.2, -0.15) is 0 Å². The van der Waals surface area contributed by atoms with Crippen molar-refractivity contribution in [2.45, 2.75) is 113 Å². The second-order valence-electron chi connectivity index (χ2n) is 11.3. The van der Waals surface area contributed by atoms with Crippen LogP contribution in [0.15, 0.2) is 60.7 Å². The van der Waals surface area contributed by atoms with Crippen LogP contribution in [0.2, 0.25) is 0 Å². The van der Waals surface area contributed by atoms with Crippen molar-refractivity contribution in [2.75, 3.05) is 0 Å². The SMILES string of the molecule is CC(C1CCCC1[PH+](C1CCCCC1)C1CCCCC1)[PH+](c1ccccc1)c1ccccc1.[CH3-].[Ni]. The molecule has 3 unspecified atom stereocenters. The Hall–Kier alpha value is -0.206. The molecule has 196 valence electrons. The molecular formula is C32H49NiP2+. The molecule has 3 aliphatic carbocycles. The van der Waals surface area contributed by atoms with Crippen LogP contribution in [-0.4, -0.2) is 22.6 Å². The fraction of sp³-hybridized carbons (Fsp3) is 0.594. The molecule has 0 N–H and O–H groups in total. The van der Waals surface area contributed by atoms with E-state index < -0.39 is 7.92 Å². The molecule has 2 aromatic carbocycles. The normalized spacial score (nSPS) is 24.7. The molecule has 5 rings (SSSR count). The summed E-state index contributed by atoms with van der Waals surface area (Å²) >= 11 is 0. The minimum absolute atomic E-state index is 0. The number of hydrogen-bond acceptors (Lipinski definition) is 0. The Labute approximate surface area is 229 Å². The van der Waals surface area contributed by atoms with E-state index in [0.717, 1.165) is 28.6 Å². The third kappa shape index (κ3) is 7.01. The molecule has 0 aliphatic heterocycles. The van der Waals surface area contributed by atoms with Crippen molar-refractivity contribution in [1.82, 2.24) is 0 Å². The van der Waals surface area contributed by atoms with Gasteiger partial charge >= 0.3 is 0 Å². The van der Waals surface area contributed by atoms with Crippen molar-refractivity contribution in [3.63, 3.8) is 0 Å². The third-order valence-electron chi connectivity index (χ3n) is 9.42. The average Bonchev–Trinajstić information content (AvgIpc) is 3.36. The Balaban J connectivity index is 0.00000171. The Morgan fingerprint density at radius 2 is 1.06 bits per heavy atom. The van der Waals surface area contributed by atoms with Gasteiger partial charge in [0, 0.05) is 30.3 Å². The zero-order valence-corrected chi connectivity index (χ0v) is 25.2. The first-order valence-corrected chi connectivity index (χ1v) is 17.5. The van der Waals surface area contributed by atoms with Gasteiger partial charge in [-0.05, 0) is 102 Å². The molecule has 3 aliphatic rings. The summed E-state index contributed by atoms with van der Waals surface area (Å²) in [5, 5.41) is 3.27. The molecule has 0 bridgehead atoms. The van der Waals surface area contributed by atoms with Crippen LogP contribution in [0, 0.1) is 13.3 Å². The predicted octanol–water partition coefficient (Wildman–Crippen LogP) is 8.74. The largest absolute Gasteiger partial charge is 0.358 e. The van der Waals surface area contributed by atoms with Gasteiger partial charge in [-0.1, -0.05) is 49.2 Å². The van der Waals surface area contributed by atoms with Gasteiger partial charge in [0.05, 0.1) is 41.2 Å². The molecule has 0 heterocycles. The van der Waals surface area contributed by atoms with Crippen LogP contribution < -0.4 is 10.6 Å². The number of rotatable bonds is 7.